The highest BCUT2D eigenvalue weighted by atomic mass is 15.3. The molecule has 0 spiro atoms. The molecule has 3 aliphatic heterocycles. The van der Waals surface area contributed by atoms with E-state index in [9.17, 15) is 0 Å². The SMILES string of the molecule is CC1(C)CN(C2CCN3CCCC23)CCN1. The van der Waals surface area contributed by atoms with Gasteiger partial charge in [-0.3, -0.25) is 9.80 Å². The molecule has 1 N–H and O–H groups in total. The van der Waals surface area contributed by atoms with Crippen LogP contribution in [0.15, 0.2) is 0 Å². The average molecular weight is 223 g/mol. The zero-order valence-corrected chi connectivity index (χ0v) is 10.7. The van der Waals surface area contributed by atoms with Crippen LogP contribution >= 0.6 is 0 Å². The Morgan fingerprint density at radius 1 is 1.00 bits per heavy atom. The second-order valence-electron chi connectivity index (χ2n) is 6.38. The molecule has 3 aliphatic rings. The molecule has 2 unspecified atom stereocenters. The van der Waals surface area contributed by atoms with Gasteiger partial charge in [0.15, 0.2) is 0 Å². The smallest absolute Gasteiger partial charge is 0.0265 e. The fourth-order valence-corrected chi connectivity index (χ4v) is 3.95. The van der Waals surface area contributed by atoms with Gasteiger partial charge in [-0.2, -0.15) is 0 Å². The maximum atomic E-state index is 3.62. The maximum Gasteiger partial charge on any atom is 0.0265 e. The lowest BCUT2D eigenvalue weighted by atomic mass is 9.97. The van der Waals surface area contributed by atoms with Gasteiger partial charge in [0.1, 0.15) is 0 Å². The third-order valence-corrected chi connectivity index (χ3v) is 4.64. The summed E-state index contributed by atoms with van der Waals surface area (Å²) in [6.45, 7) is 11.0. The lowest BCUT2D eigenvalue weighted by Crippen LogP contribution is -2.60. The van der Waals surface area contributed by atoms with Crippen LogP contribution in [0.5, 0.6) is 0 Å². The lowest BCUT2D eigenvalue weighted by molar-refractivity contribution is 0.0921. The van der Waals surface area contributed by atoms with E-state index >= 15 is 0 Å². The topological polar surface area (TPSA) is 18.5 Å². The van der Waals surface area contributed by atoms with Gasteiger partial charge in [-0.15, -0.1) is 0 Å². The molecule has 0 radical (unpaired) electrons. The first-order valence-corrected chi connectivity index (χ1v) is 6.89. The van der Waals surface area contributed by atoms with Crippen LogP contribution in [0.1, 0.15) is 33.1 Å². The van der Waals surface area contributed by atoms with Gasteiger partial charge in [-0.05, 0) is 39.7 Å². The Labute approximate surface area is 99.2 Å². The molecule has 3 fully saturated rings. The molecule has 3 nitrogen and oxygen atoms in total. The summed E-state index contributed by atoms with van der Waals surface area (Å²) >= 11 is 0. The largest absolute Gasteiger partial charge is 0.309 e. The van der Waals surface area contributed by atoms with E-state index in [-0.39, 0.29) is 0 Å². The van der Waals surface area contributed by atoms with Gasteiger partial charge < -0.3 is 5.32 Å². The average Bonchev–Trinajstić information content (AvgIpc) is 2.75. The summed E-state index contributed by atoms with van der Waals surface area (Å²) in [6, 6.07) is 1.73. The monoisotopic (exact) mass is 223 g/mol. The highest BCUT2D eigenvalue weighted by Gasteiger charge is 2.42. The minimum Gasteiger partial charge on any atom is -0.309 e. The van der Waals surface area contributed by atoms with Crippen LogP contribution in [0.4, 0.5) is 0 Å². The van der Waals surface area contributed by atoms with Crippen molar-refractivity contribution in [3.63, 3.8) is 0 Å². The van der Waals surface area contributed by atoms with Crippen LogP contribution in [0.3, 0.4) is 0 Å². The predicted molar refractivity (Wildman–Crippen MR) is 66.7 cm³/mol. The van der Waals surface area contributed by atoms with Crippen molar-refractivity contribution in [2.45, 2.75) is 50.7 Å². The summed E-state index contributed by atoms with van der Waals surface area (Å²) in [5.74, 6) is 0. The van der Waals surface area contributed by atoms with Gasteiger partial charge in [0.2, 0.25) is 0 Å². The van der Waals surface area contributed by atoms with Gasteiger partial charge in [0.05, 0.1) is 0 Å². The summed E-state index contributed by atoms with van der Waals surface area (Å²) in [6.07, 6.45) is 4.27. The van der Waals surface area contributed by atoms with Gasteiger partial charge >= 0.3 is 0 Å². The van der Waals surface area contributed by atoms with Crippen molar-refractivity contribution in [1.29, 1.82) is 0 Å². The molecular weight excluding hydrogens is 198 g/mol. The van der Waals surface area contributed by atoms with Crippen LogP contribution in [-0.2, 0) is 0 Å². The molecule has 0 saturated carbocycles. The molecule has 0 amide bonds. The second-order valence-corrected chi connectivity index (χ2v) is 6.38. The zero-order chi connectivity index (χ0) is 11.2. The number of piperazine rings is 1. The van der Waals surface area contributed by atoms with Crippen LogP contribution < -0.4 is 5.32 Å². The molecule has 0 aromatic carbocycles. The molecule has 0 aromatic heterocycles. The first kappa shape index (κ1) is 11.0. The van der Waals surface area contributed by atoms with Crippen molar-refractivity contribution in [2.75, 3.05) is 32.7 Å². The Kier molecular flexibility index (Phi) is 2.73. The van der Waals surface area contributed by atoms with Crippen LogP contribution in [0, 0.1) is 0 Å². The summed E-state index contributed by atoms with van der Waals surface area (Å²) < 4.78 is 0. The van der Waals surface area contributed by atoms with E-state index in [2.05, 4.69) is 29.0 Å². The quantitative estimate of drug-likeness (QED) is 0.713. The van der Waals surface area contributed by atoms with Crippen LogP contribution in [0.25, 0.3) is 0 Å². The summed E-state index contributed by atoms with van der Waals surface area (Å²) in [5.41, 5.74) is 0.310. The Morgan fingerprint density at radius 3 is 2.62 bits per heavy atom. The summed E-state index contributed by atoms with van der Waals surface area (Å²) in [7, 11) is 0. The first-order valence-electron chi connectivity index (χ1n) is 6.89. The predicted octanol–water partition coefficient (Wildman–Crippen LogP) is 0.907. The van der Waals surface area contributed by atoms with Crippen LogP contribution in [-0.4, -0.2) is 60.1 Å². The van der Waals surface area contributed by atoms with Crippen molar-refractivity contribution in [3.8, 4) is 0 Å². The van der Waals surface area contributed by atoms with E-state index in [1.54, 1.807) is 0 Å². The van der Waals surface area contributed by atoms with Crippen molar-refractivity contribution < 1.29 is 0 Å². The molecule has 0 aliphatic carbocycles. The van der Waals surface area contributed by atoms with E-state index in [4.69, 9.17) is 0 Å². The Bertz CT molecular complexity index is 264. The highest BCUT2D eigenvalue weighted by molar-refractivity contribution is 5.00. The third-order valence-electron chi connectivity index (χ3n) is 4.64. The normalized spacial score (nSPS) is 40.1. The number of hydrogen-bond acceptors (Lipinski definition) is 3. The molecule has 16 heavy (non-hydrogen) atoms. The van der Waals surface area contributed by atoms with Gasteiger partial charge in [0.25, 0.3) is 0 Å². The Hall–Kier alpha value is -0.120. The van der Waals surface area contributed by atoms with Gasteiger partial charge in [-0.25, -0.2) is 0 Å². The molecule has 2 atom stereocenters. The molecule has 0 aromatic rings. The summed E-state index contributed by atoms with van der Waals surface area (Å²) in [5, 5.41) is 3.62. The van der Waals surface area contributed by atoms with Crippen molar-refractivity contribution in [1.82, 2.24) is 15.1 Å². The standard InChI is InChI=1S/C13H25N3/c1-13(2)10-16(9-6-14-13)12-5-8-15-7-3-4-11(12)15/h11-12,14H,3-10H2,1-2H3. The molecule has 3 saturated heterocycles. The number of nitrogens with zero attached hydrogens (tertiary/aromatic N) is 2. The lowest BCUT2D eigenvalue weighted by Gasteiger charge is -2.43. The van der Waals surface area contributed by atoms with Crippen molar-refractivity contribution >= 4 is 0 Å². The van der Waals surface area contributed by atoms with Crippen molar-refractivity contribution in [3.05, 3.63) is 0 Å². The molecule has 3 rings (SSSR count). The third kappa shape index (κ3) is 1.89. The fourth-order valence-electron chi connectivity index (χ4n) is 3.95. The number of fused-ring (bicyclic) bond motifs is 1. The van der Waals surface area contributed by atoms with E-state index in [1.807, 2.05) is 0 Å². The molecule has 92 valence electrons. The Balaban J connectivity index is 1.68. The zero-order valence-electron chi connectivity index (χ0n) is 10.7. The molecular formula is C13H25N3. The van der Waals surface area contributed by atoms with E-state index in [0.717, 1.165) is 18.6 Å². The van der Waals surface area contributed by atoms with E-state index in [1.165, 1.54) is 45.4 Å². The van der Waals surface area contributed by atoms with Crippen LogP contribution in [0.2, 0.25) is 0 Å². The summed E-state index contributed by atoms with van der Waals surface area (Å²) in [4.78, 5) is 5.48. The molecule has 3 heteroatoms. The number of nitrogens with one attached hydrogen (secondary N) is 1. The van der Waals surface area contributed by atoms with Gasteiger partial charge in [0, 0.05) is 43.8 Å². The minimum absolute atomic E-state index is 0.310. The van der Waals surface area contributed by atoms with Gasteiger partial charge in [-0.1, -0.05) is 0 Å². The number of hydrogen-bond donors (Lipinski definition) is 1. The molecule has 0 bridgehead atoms. The van der Waals surface area contributed by atoms with E-state index < -0.39 is 0 Å². The fraction of sp³-hybridized carbons (Fsp3) is 1.00. The second kappa shape index (κ2) is 3.97. The Morgan fingerprint density at radius 2 is 1.81 bits per heavy atom. The number of rotatable bonds is 1. The maximum absolute atomic E-state index is 3.62. The van der Waals surface area contributed by atoms with E-state index in [0.29, 0.717) is 5.54 Å². The molecule has 3 heterocycles. The first-order chi connectivity index (χ1) is 7.66. The highest BCUT2D eigenvalue weighted by Crippen LogP contribution is 2.32. The van der Waals surface area contributed by atoms with Crippen molar-refractivity contribution in [2.24, 2.45) is 0 Å². The minimum atomic E-state index is 0.310.